The standard InChI is InChI=1S/C17H22N4O/c1-18-14-10-6-5-9-13(14)17(22)19-16-11-15(20-21(16)2)12-7-3-4-8-12/h5-6,9-12,18H,3-4,7-8H2,1-2H3,(H,19,22). The molecule has 1 aliphatic carbocycles. The van der Waals surface area contributed by atoms with E-state index >= 15 is 0 Å². The fourth-order valence-electron chi connectivity index (χ4n) is 3.11. The van der Waals surface area contributed by atoms with Gasteiger partial charge in [-0.05, 0) is 25.0 Å². The number of aryl methyl sites for hydroxylation is 1. The lowest BCUT2D eigenvalue weighted by atomic mass is 10.0. The molecule has 1 saturated carbocycles. The second-order valence-electron chi connectivity index (χ2n) is 5.81. The Morgan fingerprint density at radius 1 is 1.27 bits per heavy atom. The summed E-state index contributed by atoms with van der Waals surface area (Å²) >= 11 is 0. The van der Waals surface area contributed by atoms with Crippen molar-refractivity contribution in [1.82, 2.24) is 9.78 Å². The quantitative estimate of drug-likeness (QED) is 0.910. The monoisotopic (exact) mass is 298 g/mol. The summed E-state index contributed by atoms with van der Waals surface area (Å²) in [6.07, 6.45) is 4.96. The van der Waals surface area contributed by atoms with E-state index in [1.807, 2.05) is 44.4 Å². The summed E-state index contributed by atoms with van der Waals surface area (Å²) in [7, 11) is 3.69. The Morgan fingerprint density at radius 2 is 2.00 bits per heavy atom. The van der Waals surface area contributed by atoms with E-state index in [1.54, 1.807) is 4.68 Å². The fraction of sp³-hybridized carbons (Fsp3) is 0.412. The molecule has 0 spiro atoms. The molecule has 2 N–H and O–H groups in total. The molecule has 0 bridgehead atoms. The van der Waals surface area contributed by atoms with E-state index in [2.05, 4.69) is 15.7 Å². The highest BCUT2D eigenvalue weighted by molar-refractivity contribution is 6.07. The van der Waals surface area contributed by atoms with Crippen LogP contribution in [0.1, 0.15) is 47.7 Å². The van der Waals surface area contributed by atoms with Gasteiger partial charge in [0.1, 0.15) is 5.82 Å². The van der Waals surface area contributed by atoms with Crippen molar-refractivity contribution in [3.63, 3.8) is 0 Å². The van der Waals surface area contributed by atoms with Crippen molar-refractivity contribution in [3.8, 4) is 0 Å². The van der Waals surface area contributed by atoms with E-state index < -0.39 is 0 Å². The molecular weight excluding hydrogens is 276 g/mol. The summed E-state index contributed by atoms with van der Waals surface area (Å²) < 4.78 is 1.76. The Balaban J connectivity index is 1.79. The van der Waals surface area contributed by atoms with E-state index in [9.17, 15) is 4.79 Å². The van der Waals surface area contributed by atoms with Gasteiger partial charge in [-0.2, -0.15) is 5.10 Å². The third-order valence-corrected chi connectivity index (χ3v) is 4.35. The van der Waals surface area contributed by atoms with Crippen molar-refractivity contribution in [3.05, 3.63) is 41.6 Å². The van der Waals surface area contributed by atoms with Gasteiger partial charge >= 0.3 is 0 Å². The predicted molar refractivity (Wildman–Crippen MR) is 88.4 cm³/mol. The van der Waals surface area contributed by atoms with Crippen LogP contribution in [-0.4, -0.2) is 22.7 Å². The highest BCUT2D eigenvalue weighted by atomic mass is 16.1. The molecule has 116 valence electrons. The van der Waals surface area contributed by atoms with Crippen LogP contribution in [0, 0.1) is 0 Å². The van der Waals surface area contributed by atoms with Crippen LogP contribution in [0.4, 0.5) is 11.5 Å². The van der Waals surface area contributed by atoms with E-state index in [0.29, 0.717) is 11.5 Å². The Hall–Kier alpha value is -2.30. The molecule has 1 fully saturated rings. The van der Waals surface area contributed by atoms with Crippen molar-refractivity contribution >= 4 is 17.4 Å². The molecule has 5 nitrogen and oxygen atoms in total. The van der Waals surface area contributed by atoms with Crippen LogP contribution in [0.25, 0.3) is 0 Å². The predicted octanol–water partition coefficient (Wildman–Crippen LogP) is 3.37. The number of amides is 1. The lowest BCUT2D eigenvalue weighted by molar-refractivity contribution is 0.102. The van der Waals surface area contributed by atoms with Gasteiger partial charge in [0.15, 0.2) is 0 Å². The summed E-state index contributed by atoms with van der Waals surface area (Å²) in [4.78, 5) is 12.5. The molecule has 0 atom stereocenters. The molecule has 2 aromatic rings. The zero-order valence-electron chi connectivity index (χ0n) is 13.1. The number of hydrogen-bond acceptors (Lipinski definition) is 3. The summed E-state index contributed by atoms with van der Waals surface area (Å²) in [6, 6.07) is 9.49. The maximum Gasteiger partial charge on any atom is 0.258 e. The van der Waals surface area contributed by atoms with Gasteiger partial charge in [0, 0.05) is 31.8 Å². The number of benzene rings is 1. The molecule has 0 unspecified atom stereocenters. The first-order chi connectivity index (χ1) is 10.7. The minimum absolute atomic E-state index is 0.120. The van der Waals surface area contributed by atoms with Gasteiger partial charge in [-0.3, -0.25) is 9.48 Å². The molecule has 1 aromatic heterocycles. The van der Waals surface area contributed by atoms with Crippen LogP contribution in [0.5, 0.6) is 0 Å². The Kier molecular flexibility index (Phi) is 4.13. The molecule has 1 heterocycles. The van der Waals surface area contributed by atoms with Crippen molar-refractivity contribution < 1.29 is 4.79 Å². The van der Waals surface area contributed by atoms with Crippen molar-refractivity contribution in [2.75, 3.05) is 17.7 Å². The second kappa shape index (κ2) is 6.22. The van der Waals surface area contributed by atoms with Gasteiger partial charge in [-0.1, -0.05) is 25.0 Å². The molecule has 1 aromatic carbocycles. The number of rotatable bonds is 4. The lowest BCUT2D eigenvalue weighted by Crippen LogP contribution is -2.16. The van der Waals surface area contributed by atoms with Crippen LogP contribution in [0.2, 0.25) is 0 Å². The first-order valence-electron chi connectivity index (χ1n) is 7.81. The van der Waals surface area contributed by atoms with Crippen LogP contribution >= 0.6 is 0 Å². The lowest BCUT2D eigenvalue weighted by Gasteiger charge is -2.09. The number of anilines is 2. The van der Waals surface area contributed by atoms with E-state index in [-0.39, 0.29) is 5.91 Å². The van der Waals surface area contributed by atoms with E-state index in [4.69, 9.17) is 0 Å². The molecule has 0 saturated heterocycles. The van der Waals surface area contributed by atoms with Crippen LogP contribution < -0.4 is 10.6 Å². The number of carbonyl (C=O) groups excluding carboxylic acids is 1. The minimum Gasteiger partial charge on any atom is -0.387 e. The molecule has 3 rings (SSSR count). The summed E-state index contributed by atoms with van der Waals surface area (Å²) in [5.74, 6) is 1.17. The molecule has 1 aliphatic rings. The van der Waals surface area contributed by atoms with Gasteiger partial charge in [0.05, 0.1) is 11.3 Å². The zero-order valence-corrected chi connectivity index (χ0v) is 13.1. The topological polar surface area (TPSA) is 59.0 Å². The van der Waals surface area contributed by atoms with E-state index in [1.165, 1.54) is 25.7 Å². The zero-order chi connectivity index (χ0) is 15.5. The number of carbonyl (C=O) groups is 1. The maximum atomic E-state index is 12.5. The average molecular weight is 298 g/mol. The van der Waals surface area contributed by atoms with E-state index in [0.717, 1.165) is 17.2 Å². The van der Waals surface area contributed by atoms with Crippen LogP contribution in [0.3, 0.4) is 0 Å². The third kappa shape index (κ3) is 2.84. The first kappa shape index (κ1) is 14.6. The molecule has 5 heteroatoms. The van der Waals surface area contributed by atoms with Gasteiger partial charge in [0.2, 0.25) is 0 Å². The van der Waals surface area contributed by atoms with Crippen molar-refractivity contribution in [2.45, 2.75) is 31.6 Å². The number of nitrogens with one attached hydrogen (secondary N) is 2. The van der Waals surface area contributed by atoms with Gasteiger partial charge in [0.25, 0.3) is 5.91 Å². The minimum atomic E-state index is -0.120. The first-order valence-corrected chi connectivity index (χ1v) is 7.81. The number of aromatic nitrogens is 2. The van der Waals surface area contributed by atoms with Crippen molar-refractivity contribution in [1.29, 1.82) is 0 Å². The highest BCUT2D eigenvalue weighted by Gasteiger charge is 2.21. The normalized spacial score (nSPS) is 15.0. The molecule has 0 aliphatic heterocycles. The summed E-state index contributed by atoms with van der Waals surface area (Å²) in [5, 5.41) is 10.6. The summed E-state index contributed by atoms with van der Waals surface area (Å²) in [6.45, 7) is 0. The van der Waals surface area contributed by atoms with Gasteiger partial charge in [-0.15, -0.1) is 0 Å². The Labute approximate surface area is 130 Å². The SMILES string of the molecule is CNc1ccccc1C(=O)Nc1cc(C2CCCC2)nn1C. The Morgan fingerprint density at radius 3 is 2.73 bits per heavy atom. The summed E-state index contributed by atoms with van der Waals surface area (Å²) in [5.41, 5.74) is 2.55. The molecular formula is C17H22N4O. The largest absolute Gasteiger partial charge is 0.387 e. The third-order valence-electron chi connectivity index (χ3n) is 4.35. The second-order valence-corrected chi connectivity index (χ2v) is 5.81. The fourth-order valence-corrected chi connectivity index (χ4v) is 3.11. The van der Waals surface area contributed by atoms with Crippen molar-refractivity contribution in [2.24, 2.45) is 7.05 Å². The molecule has 1 amide bonds. The number of para-hydroxylation sites is 1. The smallest absolute Gasteiger partial charge is 0.258 e. The van der Waals surface area contributed by atoms with Gasteiger partial charge < -0.3 is 10.6 Å². The molecule has 0 radical (unpaired) electrons. The highest BCUT2D eigenvalue weighted by Crippen LogP contribution is 2.34. The van der Waals surface area contributed by atoms with Crippen LogP contribution in [0.15, 0.2) is 30.3 Å². The number of nitrogens with zero attached hydrogens (tertiary/aromatic N) is 2. The Bertz CT molecular complexity index is 671. The average Bonchev–Trinajstić information content (AvgIpc) is 3.17. The van der Waals surface area contributed by atoms with Crippen LogP contribution in [-0.2, 0) is 7.05 Å². The number of hydrogen-bond donors (Lipinski definition) is 2. The maximum absolute atomic E-state index is 12.5. The molecule has 22 heavy (non-hydrogen) atoms. The van der Waals surface area contributed by atoms with Gasteiger partial charge in [-0.25, -0.2) is 0 Å².